The number of aliphatic hydroxyl groups is 4. The van der Waals surface area contributed by atoms with Gasteiger partial charge in [0.25, 0.3) is 0 Å². The van der Waals surface area contributed by atoms with Crippen molar-refractivity contribution in [3.8, 4) is 0 Å². The van der Waals surface area contributed by atoms with Gasteiger partial charge in [0, 0.05) is 111 Å². The Hall–Kier alpha value is 0.783. The molecule has 0 spiro atoms. The van der Waals surface area contributed by atoms with E-state index in [1.54, 1.807) is 64.1 Å². The first-order valence-electron chi connectivity index (χ1n) is 12.6. The minimum absolute atomic E-state index is 0. The third-order valence-electron chi connectivity index (χ3n) is 8.92. The Morgan fingerprint density at radius 3 is 2.24 bits per heavy atom. The van der Waals surface area contributed by atoms with Crippen molar-refractivity contribution < 1.29 is 128 Å². The largest absolute Gasteiger partial charge is 0.455 e. The summed E-state index contributed by atoms with van der Waals surface area (Å²) in [5, 5.41) is 45.4. The molecule has 4 N–H and O–H groups in total. The fourth-order valence-corrected chi connectivity index (χ4v) is 6.67. The summed E-state index contributed by atoms with van der Waals surface area (Å²) in [5.41, 5.74) is -4.84. The minimum Gasteiger partial charge on any atom is -0.455 e. The Morgan fingerprint density at radius 1 is 1.11 bits per heavy atom. The molecular formula is C28H38Ac2O8. The molecule has 2 aliphatic carbocycles. The van der Waals surface area contributed by atoms with Crippen LogP contribution in [0, 0.1) is 105 Å². The fourth-order valence-electron chi connectivity index (χ4n) is 6.67. The van der Waals surface area contributed by atoms with Crippen LogP contribution in [0.5, 0.6) is 0 Å². The maximum absolute atomic E-state index is 13.5. The number of esters is 1. The number of aliphatic hydroxyl groups excluding tert-OH is 2. The molecule has 8 nitrogen and oxygen atoms in total. The van der Waals surface area contributed by atoms with Crippen LogP contribution in [-0.4, -0.2) is 74.4 Å². The zero-order valence-corrected chi connectivity index (χ0v) is 32.2. The molecule has 1 aromatic carbocycles. The predicted octanol–water partition coefficient (Wildman–Crippen LogP) is 2.18. The molecule has 1 heterocycles. The van der Waals surface area contributed by atoms with Crippen molar-refractivity contribution in [2.75, 3.05) is 6.61 Å². The van der Waals surface area contributed by atoms with Crippen LogP contribution < -0.4 is 0 Å². The van der Waals surface area contributed by atoms with Crippen molar-refractivity contribution in [2.24, 2.45) is 16.7 Å². The Balaban J connectivity index is 0.00000253. The van der Waals surface area contributed by atoms with E-state index in [1.807, 2.05) is 0 Å². The Morgan fingerprint density at radius 2 is 1.71 bits per heavy atom. The number of ketones is 1. The molecule has 1 aromatic rings. The number of carbonyl (C=O) groups excluding carboxylic acids is 2. The second kappa shape index (κ2) is 12.6. The van der Waals surface area contributed by atoms with Gasteiger partial charge in [0.1, 0.15) is 23.4 Å². The molecular weight excluding hydrogens is 918 g/mol. The summed E-state index contributed by atoms with van der Waals surface area (Å²) in [5.74, 6) is -2.32. The van der Waals surface area contributed by atoms with E-state index in [0.717, 1.165) is 0 Å². The minimum atomic E-state index is -1.85. The quantitative estimate of drug-likeness (QED) is 0.252. The van der Waals surface area contributed by atoms with Crippen LogP contribution in [0.4, 0.5) is 0 Å². The third-order valence-corrected chi connectivity index (χ3v) is 8.92. The summed E-state index contributed by atoms with van der Waals surface area (Å²) < 4.78 is 11.7. The van der Waals surface area contributed by atoms with E-state index in [1.165, 1.54) is 6.92 Å². The number of fused-ring (bicyclic) bond motifs is 1. The number of Topliss-reactive ketones (excluding diaryl/α,β-unsaturated/α-hetero) is 1. The van der Waals surface area contributed by atoms with Crippen LogP contribution in [0.3, 0.4) is 0 Å². The van der Waals surface area contributed by atoms with E-state index in [9.17, 15) is 30.0 Å². The van der Waals surface area contributed by atoms with Gasteiger partial charge in [0.05, 0.1) is 24.4 Å². The molecule has 0 amide bonds. The average Bonchev–Trinajstić information content (AvgIpc) is 2.80. The van der Waals surface area contributed by atoms with Crippen molar-refractivity contribution in [1.29, 1.82) is 0 Å². The average molecular weight is 957 g/mol. The molecule has 0 bridgehead atoms. The normalized spacial score (nSPS) is 37.1. The van der Waals surface area contributed by atoms with Gasteiger partial charge >= 0.3 is 5.97 Å². The Kier molecular flexibility index (Phi) is 11.6. The fraction of sp³-hybridized carbons (Fsp3) is 0.643. The van der Waals surface area contributed by atoms with Crippen LogP contribution in [-0.2, 0) is 14.3 Å². The first-order valence-corrected chi connectivity index (χ1v) is 12.6. The van der Waals surface area contributed by atoms with Crippen LogP contribution in [0.2, 0.25) is 0 Å². The first kappa shape index (κ1) is 35.0. The van der Waals surface area contributed by atoms with Gasteiger partial charge in [-0.2, -0.15) is 0 Å². The Bertz CT molecular complexity index is 1060. The number of rotatable bonds is 6. The molecule has 38 heavy (non-hydrogen) atoms. The second-order valence-electron chi connectivity index (χ2n) is 11.7. The molecule has 0 unspecified atom stereocenters. The smallest absolute Gasteiger partial charge is 0.338 e. The first-order chi connectivity index (χ1) is 16.7. The molecule has 204 valence electrons. The van der Waals surface area contributed by atoms with E-state index in [4.69, 9.17) is 9.47 Å². The van der Waals surface area contributed by atoms with Gasteiger partial charge in [0.2, 0.25) is 0 Å². The van der Waals surface area contributed by atoms with Crippen molar-refractivity contribution in [3.63, 3.8) is 0 Å². The van der Waals surface area contributed by atoms with Gasteiger partial charge in [0.15, 0.2) is 5.78 Å². The molecule has 1 saturated carbocycles. The summed E-state index contributed by atoms with van der Waals surface area (Å²) in [7, 11) is 0. The van der Waals surface area contributed by atoms with E-state index >= 15 is 0 Å². The van der Waals surface area contributed by atoms with Crippen molar-refractivity contribution in [3.05, 3.63) is 47.5 Å². The monoisotopic (exact) mass is 956 g/mol. The topological polar surface area (TPSA) is 134 Å². The standard InChI is InChI=1S/C28H38O8.2Ac/c1-16-13-25(3,4)28(34,14-19(16)30)23(36-24(32)18-9-7-6-8-10-18)21-26(5,22(31)17(2)29)12-11-20-27(21,33)15-35-20;;/h6-10,13,17,19-21,23,29-30,33-34H,11-12,14-15H2,1-5H3;;/t17-,19+,20-,21+,23+,26-,27+,28-;;/m1../s1. The van der Waals surface area contributed by atoms with Crippen molar-refractivity contribution >= 4 is 11.8 Å². The molecule has 2 fully saturated rings. The summed E-state index contributed by atoms with van der Waals surface area (Å²) in [4.78, 5) is 26.9. The van der Waals surface area contributed by atoms with Crippen LogP contribution in [0.1, 0.15) is 64.2 Å². The molecule has 4 rings (SSSR count). The summed E-state index contributed by atoms with van der Waals surface area (Å²) in [6.45, 7) is 8.25. The molecule has 2 radical (unpaired) electrons. The van der Waals surface area contributed by atoms with Crippen molar-refractivity contribution in [2.45, 2.75) is 89.5 Å². The molecule has 3 aliphatic rings. The van der Waals surface area contributed by atoms with E-state index in [-0.39, 0.29) is 113 Å². The third kappa shape index (κ3) is 5.84. The van der Waals surface area contributed by atoms with Gasteiger partial charge in [-0.1, -0.05) is 45.0 Å². The van der Waals surface area contributed by atoms with Gasteiger partial charge in [-0.25, -0.2) is 4.79 Å². The summed E-state index contributed by atoms with van der Waals surface area (Å²) >= 11 is 0. The SMILES string of the molecule is CC1=CC(C)(C)[C@](O)([C@@H](OC(=O)c2ccccc2)[C@@H]2[C@]3(O)CO[C@@H]3CC[C@@]2(C)C(=O)[C@@H](C)O)C[C@@H]1O.[Ac].[Ac]. The van der Waals surface area contributed by atoms with Gasteiger partial charge in [-0.3, -0.25) is 4.79 Å². The summed E-state index contributed by atoms with van der Waals surface area (Å²) in [6.07, 6.45) is -2.10. The number of ether oxygens (including phenoxy) is 2. The van der Waals surface area contributed by atoms with Gasteiger partial charge < -0.3 is 29.9 Å². The molecule has 0 aromatic heterocycles. The molecule has 1 aliphatic heterocycles. The van der Waals surface area contributed by atoms with Gasteiger partial charge in [-0.05, 0) is 44.4 Å². The zero-order chi connectivity index (χ0) is 26.7. The second-order valence-corrected chi connectivity index (χ2v) is 11.7. The van der Waals surface area contributed by atoms with Crippen LogP contribution in [0.25, 0.3) is 0 Å². The Labute approximate surface area is 296 Å². The van der Waals surface area contributed by atoms with Gasteiger partial charge in [-0.15, -0.1) is 0 Å². The van der Waals surface area contributed by atoms with Crippen molar-refractivity contribution in [1.82, 2.24) is 0 Å². The number of hydrogen-bond acceptors (Lipinski definition) is 8. The number of carbonyl (C=O) groups is 2. The maximum Gasteiger partial charge on any atom is 0.338 e. The molecule has 8 atom stereocenters. The van der Waals surface area contributed by atoms with E-state index < -0.39 is 64.1 Å². The number of benzene rings is 1. The number of hydrogen-bond donors (Lipinski definition) is 4. The summed E-state index contributed by atoms with van der Waals surface area (Å²) in [6, 6.07) is 8.30. The zero-order valence-electron chi connectivity index (χ0n) is 22.8. The van der Waals surface area contributed by atoms with E-state index in [2.05, 4.69) is 0 Å². The maximum atomic E-state index is 13.5. The van der Waals surface area contributed by atoms with Crippen LogP contribution in [0.15, 0.2) is 42.0 Å². The molecule has 10 heteroatoms. The predicted molar refractivity (Wildman–Crippen MR) is 131 cm³/mol. The molecule has 1 saturated heterocycles. The van der Waals surface area contributed by atoms with Crippen LogP contribution >= 0.6 is 0 Å². The van der Waals surface area contributed by atoms with E-state index in [0.29, 0.717) is 12.0 Å².